The van der Waals surface area contributed by atoms with Gasteiger partial charge in [-0.1, -0.05) is 39.7 Å². The Hall–Kier alpha value is -1.23. The van der Waals surface area contributed by atoms with E-state index in [1.165, 1.54) is 0 Å². The van der Waals surface area contributed by atoms with E-state index in [-0.39, 0.29) is 0 Å². The largest absolute Gasteiger partial charge is 0.493 e. The van der Waals surface area contributed by atoms with Gasteiger partial charge in [0.05, 0.1) is 19.2 Å². The summed E-state index contributed by atoms with van der Waals surface area (Å²) in [7, 11) is 3.09. The summed E-state index contributed by atoms with van der Waals surface area (Å²) in [5, 5.41) is 11.1. The summed E-state index contributed by atoms with van der Waals surface area (Å²) in [6, 6.07) is 9.03. The van der Waals surface area contributed by atoms with Gasteiger partial charge in [-0.3, -0.25) is 0 Å². The molecular weight excluding hydrogens is 356 g/mol. The van der Waals surface area contributed by atoms with Crippen LogP contribution in [0.4, 0.5) is 0 Å². The quantitative estimate of drug-likeness (QED) is 0.859. The van der Waals surface area contributed by atoms with Gasteiger partial charge in [0.2, 0.25) is 0 Å². The molecule has 21 heavy (non-hydrogen) atoms. The van der Waals surface area contributed by atoms with Crippen molar-refractivity contribution in [1.82, 2.24) is 0 Å². The molecule has 2 aromatic rings. The normalized spacial score (nSPS) is 12.1. The Morgan fingerprint density at radius 3 is 2.33 bits per heavy atom. The molecule has 3 nitrogen and oxygen atoms in total. The first-order chi connectivity index (χ1) is 9.99. The van der Waals surface area contributed by atoms with E-state index in [1.54, 1.807) is 26.4 Å². The lowest BCUT2D eigenvalue weighted by Crippen LogP contribution is -2.04. The molecule has 2 rings (SSSR count). The molecular formula is C16H16BrClO3. The smallest absolute Gasteiger partial charge is 0.162 e. The lowest BCUT2D eigenvalue weighted by Gasteiger charge is -2.18. The van der Waals surface area contributed by atoms with E-state index in [9.17, 15) is 5.11 Å². The minimum atomic E-state index is -0.838. The predicted molar refractivity (Wildman–Crippen MR) is 87.5 cm³/mol. The molecule has 0 radical (unpaired) electrons. The van der Waals surface area contributed by atoms with Crippen LogP contribution in [-0.2, 0) is 0 Å². The van der Waals surface area contributed by atoms with Crippen LogP contribution in [0.5, 0.6) is 11.5 Å². The highest BCUT2D eigenvalue weighted by molar-refractivity contribution is 9.10. The van der Waals surface area contributed by atoms with Crippen molar-refractivity contribution in [2.45, 2.75) is 13.0 Å². The number of aliphatic hydroxyl groups excluding tert-OH is 1. The SMILES string of the molecule is COc1cc(Cl)c(C(O)c2cccc(Br)c2C)cc1OC. The Labute approximate surface area is 137 Å². The van der Waals surface area contributed by atoms with Crippen molar-refractivity contribution < 1.29 is 14.6 Å². The lowest BCUT2D eigenvalue weighted by molar-refractivity contribution is 0.218. The third kappa shape index (κ3) is 3.18. The minimum Gasteiger partial charge on any atom is -0.493 e. The number of hydrogen-bond donors (Lipinski definition) is 1. The average Bonchev–Trinajstić information content (AvgIpc) is 2.49. The third-order valence-corrected chi connectivity index (χ3v) is 4.59. The molecule has 0 amide bonds. The Balaban J connectivity index is 2.53. The maximum Gasteiger partial charge on any atom is 0.162 e. The van der Waals surface area contributed by atoms with Crippen molar-refractivity contribution in [1.29, 1.82) is 0 Å². The molecule has 1 unspecified atom stereocenters. The van der Waals surface area contributed by atoms with Gasteiger partial charge in [0.25, 0.3) is 0 Å². The fraction of sp³-hybridized carbons (Fsp3) is 0.250. The van der Waals surface area contributed by atoms with Crippen molar-refractivity contribution in [3.05, 3.63) is 56.5 Å². The zero-order valence-corrected chi connectivity index (χ0v) is 14.3. The second-order valence-electron chi connectivity index (χ2n) is 4.59. The number of benzene rings is 2. The van der Waals surface area contributed by atoms with Crippen LogP contribution in [0.15, 0.2) is 34.8 Å². The summed E-state index contributed by atoms with van der Waals surface area (Å²) in [5.74, 6) is 1.06. The van der Waals surface area contributed by atoms with Crippen molar-refractivity contribution >= 4 is 27.5 Å². The van der Waals surface area contributed by atoms with Crippen LogP contribution in [0, 0.1) is 6.92 Å². The highest BCUT2D eigenvalue weighted by Crippen LogP contribution is 2.39. The van der Waals surface area contributed by atoms with Crippen LogP contribution in [0.3, 0.4) is 0 Å². The molecule has 1 N–H and O–H groups in total. The van der Waals surface area contributed by atoms with Crippen LogP contribution in [0.1, 0.15) is 22.8 Å². The molecule has 0 aromatic heterocycles. The lowest BCUT2D eigenvalue weighted by atomic mass is 9.97. The molecule has 0 fully saturated rings. The molecule has 0 aliphatic rings. The summed E-state index contributed by atoms with van der Waals surface area (Å²) in [4.78, 5) is 0. The van der Waals surface area contributed by atoms with Crippen LogP contribution < -0.4 is 9.47 Å². The predicted octanol–water partition coefficient (Wildman–Crippen LogP) is 4.51. The third-order valence-electron chi connectivity index (χ3n) is 3.40. The summed E-state index contributed by atoms with van der Waals surface area (Å²) < 4.78 is 11.4. The second-order valence-corrected chi connectivity index (χ2v) is 5.85. The molecule has 0 aliphatic carbocycles. The zero-order chi connectivity index (χ0) is 15.6. The van der Waals surface area contributed by atoms with Gasteiger partial charge in [-0.2, -0.15) is 0 Å². The van der Waals surface area contributed by atoms with E-state index in [2.05, 4.69) is 15.9 Å². The average molecular weight is 372 g/mol. The number of ether oxygens (including phenoxy) is 2. The molecule has 0 saturated carbocycles. The first-order valence-electron chi connectivity index (χ1n) is 6.34. The molecule has 0 bridgehead atoms. The Morgan fingerprint density at radius 1 is 1.10 bits per heavy atom. The monoisotopic (exact) mass is 370 g/mol. The molecule has 2 aromatic carbocycles. The molecule has 5 heteroatoms. The van der Waals surface area contributed by atoms with Gasteiger partial charge in [0, 0.05) is 16.1 Å². The summed E-state index contributed by atoms with van der Waals surface area (Å²) >= 11 is 9.73. The first-order valence-corrected chi connectivity index (χ1v) is 7.51. The van der Waals surface area contributed by atoms with Gasteiger partial charge in [0.1, 0.15) is 6.10 Å². The van der Waals surface area contributed by atoms with Gasteiger partial charge in [-0.25, -0.2) is 0 Å². The fourth-order valence-electron chi connectivity index (χ4n) is 2.17. The molecule has 0 saturated heterocycles. The van der Waals surface area contributed by atoms with Crippen molar-refractivity contribution in [2.75, 3.05) is 14.2 Å². The number of hydrogen-bond acceptors (Lipinski definition) is 3. The second kappa shape index (κ2) is 6.69. The molecule has 112 valence electrons. The molecule has 0 heterocycles. The molecule has 0 spiro atoms. The Kier molecular flexibility index (Phi) is 5.14. The number of halogens is 2. The maximum absolute atomic E-state index is 10.7. The summed E-state index contributed by atoms with van der Waals surface area (Å²) in [5.41, 5.74) is 2.34. The number of methoxy groups -OCH3 is 2. The van der Waals surface area contributed by atoms with Crippen LogP contribution in [0.25, 0.3) is 0 Å². The maximum atomic E-state index is 10.7. The Morgan fingerprint density at radius 2 is 1.71 bits per heavy atom. The van der Waals surface area contributed by atoms with E-state index < -0.39 is 6.10 Å². The highest BCUT2D eigenvalue weighted by Gasteiger charge is 2.20. The van der Waals surface area contributed by atoms with Gasteiger partial charge in [-0.05, 0) is 30.2 Å². The van der Waals surface area contributed by atoms with E-state index in [0.29, 0.717) is 22.1 Å². The van der Waals surface area contributed by atoms with Gasteiger partial charge in [0.15, 0.2) is 11.5 Å². The van der Waals surface area contributed by atoms with Crippen LogP contribution in [0.2, 0.25) is 5.02 Å². The standard InChI is InChI=1S/C16H16BrClO3/c1-9-10(5-4-6-12(9)17)16(19)11-7-14(20-2)15(21-3)8-13(11)18/h4-8,16,19H,1-3H3. The zero-order valence-electron chi connectivity index (χ0n) is 12.0. The van der Waals surface area contributed by atoms with E-state index in [4.69, 9.17) is 21.1 Å². The Bertz CT molecular complexity index is 658. The highest BCUT2D eigenvalue weighted by atomic mass is 79.9. The van der Waals surface area contributed by atoms with Crippen LogP contribution >= 0.6 is 27.5 Å². The number of aliphatic hydroxyl groups is 1. The van der Waals surface area contributed by atoms with Crippen molar-refractivity contribution in [2.24, 2.45) is 0 Å². The first kappa shape index (κ1) is 16.1. The minimum absolute atomic E-state index is 0.430. The van der Waals surface area contributed by atoms with E-state index >= 15 is 0 Å². The molecule has 0 aliphatic heterocycles. The van der Waals surface area contributed by atoms with E-state index in [0.717, 1.165) is 15.6 Å². The topological polar surface area (TPSA) is 38.7 Å². The van der Waals surface area contributed by atoms with Gasteiger partial charge in [-0.15, -0.1) is 0 Å². The van der Waals surface area contributed by atoms with Crippen LogP contribution in [-0.4, -0.2) is 19.3 Å². The molecule has 1 atom stereocenters. The summed E-state index contributed by atoms with van der Waals surface area (Å²) in [6.45, 7) is 1.94. The fourth-order valence-corrected chi connectivity index (χ4v) is 2.81. The van der Waals surface area contributed by atoms with Gasteiger partial charge < -0.3 is 14.6 Å². The van der Waals surface area contributed by atoms with Gasteiger partial charge >= 0.3 is 0 Å². The van der Waals surface area contributed by atoms with E-state index in [1.807, 2.05) is 25.1 Å². The number of rotatable bonds is 4. The van der Waals surface area contributed by atoms with Crippen molar-refractivity contribution in [3.63, 3.8) is 0 Å². The van der Waals surface area contributed by atoms with Crippen molar-refractivity contribution in [3.8, 4) is 11.5 Å². The summed E-state index contributed by atoms with van der Waals surface area (Å²) in [6.07, 6.45) is -0.838.